The highest BCUT2D eigenvalue weighted by atomic mass is 16.3. The normalized spacial score (nSPS) is 11.1. The molecule has 18 heavy (non-hydrogen) atoms. The Balaban J connectivity index is 2.29. The molecular formula is C15H16N2O. The Hall–Kier alpha value is -2.16. The van der Waals surface area contributed by atoms with Crippen molar-refractivity contribution in [1.29, 1.82) is 0 Å². The molecule has 92 valence electrons. The first-order valence-electron chi connectivity index (χ1n) is 5.85. The van der Waals surface area contributed by atoms with Gasteiger partial charge in [0.15, 0.2) is 0 Å². The predicted molar refractivity (Wildman–Crippen MR) is 72.9 cm³/mol. The maximum absolute atomic E-state index is 9.66. The molecule has 0 spiro atoms. The van der Waals surface area contributed by atoms with Gasteiger partial charge < -0.3 is 5.11 Å². The zero-order valence-electron chi connectivity index (χ0n) is 10.8. The molecule has 0 radical (unpaired) electrons. The van der Waals surface area contributed by atoms with Crippen molar-refractivity contribution in [2.75, 3.05) is 0 Å². The van der Waals surface area contributed by atoms with Crippen LogP contribution in [-0.2, 0) is 0 Å². The maximum Gasteiger partial charge on any atom is 0.143 e. The van der Waals surface area contributed by atoms with Crippen LogP contribution in [0.15, 0.2) is 46.6 Å². The van der Waals surface area contributed by atoms with Gasteiger partial charge in [-0.2, -0.15) is 5.11 Å². The summed E-state index contributed by atoms with van der Waals surface area (Å²) >= 11 is 0. The molecular weight excluding hydrogens is 224 g/mol. The lowest BCUT2D eigenvalue weighted by atomic mass is 10.1. The van der Waals surface area contributed by atoms with Gasteiger partial charge in [0.25, 0.3) is 0 Å². The summed E-state index contributed by atoms with van der Waals surface area (Å²) in [5, 5.41) is 17.9. The second-order valence-electron chi connectivity index (χ2n) is 4.46. The Morgan fingerprint density at radius 2 is 1.61 bits per heavy atom. The van der Waals surface area contributed by atoms with Gasteiger partial charge in [-0.25, -0.2) is 0 Å². The first-order chi connectivity index (χ1) is 8.56. The van der Waals surface area contributed by atoms with E-state index in [1.54, 1.807) is 12.1 Å². The Labute approximate surface area is 107 Å². The smallest absolute Gasteiger partial charge is 0.143 e. The molecule has 0 bridgehead atoms. The third-order valence-electron chi connectivity index (χ3n) is 2.89. The summed E-state index contributed by atoms with van der Waals surface area (Å²) in [4.78, 5) is 0. The van der Waals surface area contributed by atoms with Crippen LogP contribution in [0.2, 0.25) is 0 Å². The SMILES string of the molecule is Cc1ccc(O)c(N=Nc2ccc(C)c(C)c2)c1. The standard InChI is InChI=1S/C15H16N2O/c1-10-4-7-15(18)14(8-10)17-16-13-6-5-11(2)12(3)9-13/h4-9,18H,1-3H3. The molecule has 2 aromatic carbocycles. The number of azo groups is 1. The minimum absolute atomic E-state index is 0.146. The number of nitrogens with zero attached hydrogens (tertiary/aromatic N) is 2. The number of phenolic OH excluding ortho intramolecular Hbond substituents is 1. The molecule has 3 nitrogen and oxygen atoms in total. The van der Waals surface area contributed by atoms with Crippen LogP contribution in [0.25, 0.3) is 0 Å². The van der Waals surface area contributed by atoms with Gasteiger partial charge in [0.1, 0.15) is 11.4 Å². The van der Waals surface area contributed by atoms with Crippen LogP contribution < -0.4 is 0 Å². The van der Waals surface area contributed by atoms with Crippen LogP contribution in [0.1, 0.15) is 16.7 Å². The van der Waals surface area contributed by atoms with E-state index < -0.39 is 0 Å². The first kappa shape index (κ1) is 12.3. The highest BCUT2D eigenvalue weighted by Crippen LogP contribution is 2.29. The average molecular weight is 240 g/mol. The Kier molecular flexibility index (Phi) is 3.42. The fraction of sp³-hybridized carbons (Fsp3) is 0.200. The summed E-state index contributed by atoms with van der Waals surface area (Å²) in [6, 6.07) is 11.2. The molecule has 0 aliphatic carbocycles. The van der Waals surface area contributed by atoms with Gasteiger partial charge in [-0.3, -0.25) is 0 Å². The number of benzene rings is 2. The van der Waals surface area contributed by atoms with Crippen molar-refractivity contribution >= 4 is 11.4 Å². The molecule has 0 unspecified atom stereocenters. The molecule has 0 atom stereocenters. The van der Waals surface area contributed by atoms with E-state index in [9.17, 15) is 5.11 Å². The van der Waals surface area contributed by atoms with Crippen LogP contribution >= 0.6 is 0 Å². The van der Waals surface area contributed by atoms with Crippen LogP contribution in [0.3, 0.4) is 0 Å². The Morgan fingerprint density at radius 3 is 2.33 bits per heavy atom. The molecule has 0 aromatic heterocycles. The molecule has 0 heterocycles. The van der Waals surface area contributed by atoms with Crippen LogP contribution in [0.4, 0.5) is 11.4 Å². The molecule has 0 saturated carbocycles. The van der Waals surface area contributed by atoms with E-state index in [2.05, 4.69) is 17.2 Å². The monoisotopic (exact) mass is 240 g/mol. The van der Waals surface area contributed by atoms with Gasteiger partial charge in [0.05, 0.1) is 5.69 Å². The van der Waals surface area contributed by atoms with Gasteiger partial charge in [-0.15, -0.1) is 5.11 Å². The molecule has 0 saturated heterocycles. The van der Waals surface area contributed by atoms with E-state index in [0.717, 1.165) is 11.3 Å². The van der Waals surface area contributed by atoms with Crippen LogP contribution in [0.5, 0.6) is 5.75 Å². The average Bonchev–Trinajstić information content (AvgIpc) is 2.34. The zero-order valence-corrected chi connectivity index (χ0v) is 10.8. The molecule has 1 N–H and O–H groups in total. The van der Waals surface area contributed by atoms with Gasteiger partial charge in [-0.1, -0.05) is 12.1 Å². The van der Waals surface area contributed by atoms with E-state index in [-0.39, 0.29) is 5.75 Å². The molecule has 2 aromatic rings. The second-order valence-corrected chi connectivity index (χ2v) is 4.46. The largest absolute Gasteiger partial charge is 0.506 e. The molecule has 2 rings (SSSR count). The summed E-state index contributed by atoms with van der Waals surface area (Å²) in [7, 11) is 0. The number of hydrogen-bond donors (Lipinski definition) is 1. The van der Waals surface area contributed by atoms with Crippen molar-refractivity contribution in [3.05, 3.63) is 53.1 Å². The van der Waals surface area contributed by atoms with Gasteiger partial charge in [0, 0.05) is 0 Å². The molecule has 0 amide bonds. The third-order valence-corrected chi connectivity index (χ3v) is 2.89. The Bertz CT molecular complexity index is 603. The maximum atomic E-state index is 9.66. The molecule has 0 aliphatic rings. The van der Waals surface area contributed by atoms with E-state index in [1.165, 1.54) is 11.1 Å². The van der Waals surface area contributed by atoms with Crippen LogP contribution in [-0.4, -0.2) is 5.11 Å². The highest BCUT2D eigenvalue weighted by molar-refractivity contribution is 5.53. The lowest BCUT2D eigenvalue weighted by Gasteiger charge is -2.01. The molecule has 3 heteroatoms. The van der Waals surface area contributed by atoms with Crippen molar-refractivity contribution in [2.45, 2.75) is 20.8 Å². The molecule has 0 fully saturated rings. The number of aromatic hydroxyl groups is 1. The fourth-order valence-electron chi connectivity index (χ4n) is 1.61. The van der Waals surface area contributed by atoms with E-state index in [1.807, 2.05) is 38.1 Å². The van der Waals surface area contributed by atoms with Crippen molar-refractivity contribution in [3.8, 4) is 5.75 Å². The summed E-state index contributed by atoms with van der Waals surface area (Å²) in [5.74, 6) is 0.146. The van der Waals surface area contributed by atoms with E-state index in [0.29, 0.717) is 5.69 Å². The molecule has 0 aliphatic heterocycles. The predicted octanol–water partition coefficient (Wildman–Crippen LogP) is 4.73. The Morgan fingerprint density at radius 1 is 0.833 bits per heavy atom. The van der Waals surface area contributed by atoms with E-state index in [4.69, 9.17) is 0 Å². The van der Waals surface area contributed by atoms with Gasteiger partial charge in [0.2, 0.25) is 0 Å². The van der Waals surface area contributed by atoms with Crippen molar-refractivity contribution in [3.63, 3.8) is 0 Å². The minimum Gasteiger partial charge on any atom is -0.506 e. The van der Waals surface area contributed by atoms with Crippen LogP contribution in [0, 0.1) is 20.8 Å². The van der Waals surface area contributed by atoms with E-state index >= 15 is 0 Å². The fourth-order valence-corrected chi connectivity index (χ4v) is 1.61. The first-order valence-corrected chi connectivity index (χ1v) is 5.85. The quantitative estimate of drug-likeness (QED) is 0.757. The number of phenols is 1. The second kappa shape index (κ2) is 5.00. The lowest BCUT2D eigenvalue weighted by molar-refractivity contribution is 0.476. The van der Waals surface area contributed by atoms with Gasteiger partial charge >= 0.3 is 0 Å². The highest BCUT2D eigenvalue weighted by Gasteiger charge is 2.00. The summed E-state index contributed by atoms with van der Waals surface area (Å²) < 4.78 is 0. The number of aryl methyl sites for hydroxylation is 3. The minimum atomic E-state index is 0.146. The third kappa shape index (κ3) is 2.74. The number of hydrogen-bond acceptors (Lipinski definition) is 3. The van der Waals surface area contributed by atoms with Crippen molar-refractivity contribution in [2.24, 2.45) is 10.2 Å². The van der Waals surface area contributed by atoms with Crippen molar-refractivity contribution < 1.29 is 5.11 Å². The lowest BCUT2D eigenvalue weighted by Crippen LogP contribution is -1.77. The summed E-state index contributed by atoms with van der Waals surface area (Å²) in [6.07, 6.45) is 0. The summed E-state index contributed by atoms with van der Waals surface area (Å²) in [6.45, 7) is 6.05. The topological polar surface area (TPSA) is 45.0 Å². The number of rotatable bonds is 2. The van der Waals surface area contributed by atoms with Gasteiger partial charge in [-0.05, 0) is 61.7 Å². The van der Waals surface area contributed by atoms with Crippen molar-refractivity contribution in [1.82, 2.24) is 0 Å². The zero-order chi connectivity index (χ0) is 13.1. The summed E-state index contributed by atoms with van der Waals surface area (Å²) in [5.41, 5.74) is 4.74.